The Labute approximate surface area is 207 Å². The lowest BCUT2D eigenvalue weighted by Crippen LogP contribution is -2.46. The molecule has 2 aromatic carbocycles. The van der Waals surface area contributed by atoms with Crippen LogP contribution in [0.15, 0.2) is 60.7 Å². The van der Waals surface area contributed by atoms with Crippen LogP contribution in [0.3, 0.4) is 0 Å². The van der Waals surface area contributed by atoms with E-state index in [2.05, 4.69) is 107 Å². The molecule has 2 rings (SSSR count). The van der Waals surface area contributed by atoms with Gasteiger partial charge in [-0.25, -0.2) is 8.42 Å². The van der Waals surface area contributed by atoms with Crippen molar-refractivity contribution in [1.82, 2.24) is 0 Å². The predicted octanol–water partition coefficient (Wildman–Crippen LogP) is 3.86. The van der Waals surface area contributed by atoms with Crippen molar-refractivity contribution >= 4 is 10.4 Å². The highest BCUT2D eigenvalue weighted by molar-refractivity contribution is 7.80. The first kappa shape index (κ1) is 32.2. The molecule has 0 heterocycles. The van der Waals surface area contributed by atoms with Gasteiger partial charge in [0.2, 0.25) is 10.4 Å². The Kier molecular flexibility index (Phi) is 15.9. The van der Waals surface area contributed by atoms with E-state index in [0.29, 0.717) is 0 Å². The van der Waals surface area contributed by atoms with Crippen molar-refractivity contribution in [3.63, 3.8) is 0 Å². The van der Waals surface area contributed by atoms with E-state index in [1.807, 2.05) is 0 Å². The average Bonchev–Trinajstić information content (AvgIpc) is 2.87. The molecule has 0 aliphatic rings. The van der Waals surface area contributed by atoms with Gasteiger partial charge in [-0.1, -0.05) is 60.7 Å². The van der Waals surface area contributed by atoms with Crippen LogP contribution in [0, 0.1) is 0 Å². The largest absolute Gasteiger partial charge is 0.726 e. The SMILES string of the molecule is CC[N+](CC)(CC)Cc1ccccc1.CC[N+](CC)(CC)Cc1ccccc1.O=S(=O)([O-])O[O-]. The molecule has 0 aromatic heterocycles. The van der Waals surface area contributed by atoms with Crippen LogP contribution >= 0.6 is 0 Å². The van der Waals surface area contributed by atoms with E-state index in [1.165, 1.54) is 72.5 Å². The fourth-order valence-electron chi connectivity index (χ4n) is 3.95. The Morgan fingerprint density at radius 3 is 1.03 bits per heavy atom. The highest BCUT2D eigenvalue weighted by Gasteiger charge is 2.21. The minimum absolute atomic E-state index is 1.17. The molecule has 0 N–H and O–H groups in total. The van der Waals surface area contributed by atoms with Crippen LogP contribution in [-0.2, 0) is 27.8 Å². The van der Waals surface area contributed by atoms with Crippen molar-refractivity contribution in [3.05, 3.63) is 71.8 Å². The third-order valence-electron chi connectivity index (χ3n) is 6.83. The molecule has 0 aliphatic carbocycles. The zero-order chi connectivity index (χ0) is 26.1. The summed E-state index contributed by atoms with van der Waals surface area (Å²) in [6.07, 6.45) is 0. The second-order valence-corrected chi connectivity index (χ2v) is 9.30. The van der Waals surface area contributed by atoms with Crippen molar-refractivity contribution in [3.8, 4) is 0 Å². The maximum Gasteiger partial charge on any atom is 0.208 e. The molecule has 0 saturated carbocycles. The summed E-state index contributed by atoms with van der Waals surface area (Å²) in [6, 6.07) is 21.6. The predicted molar refractivity (Wildman–Crippen MR) is 135 cm³/mol. The van der Waals surface area contributed by atoms with Gasteiger partial charge >= 0.3 is 0 Å². The van der Waals surface area contributed by atoms with Gasteiger partial charge in [-0.3, -0.25) is 0 Å². The molecule has 0 bridgehead atoms. The van der Waals surface area contributed by atoms with E-state index >= 15 is 0 Å². The van der Waals surface area contributed by atoms with Crippen LogP contribution < -0.4 is 5.26 Å². The summed E-state index contributed by atoms with van der Waals surface area (Å²) in [5.41, 5.74) is 2.91. The molecule has 0 fully saturated rings. The lowest BCUT2D eigenvalue weighted by atomic mass is 10.2. The van der Waals surface area contributed by atoms with E-state index in [1.54, 1.807) is 0 Å². The van der Waals surface area contributed by atoms with Crippen molar-refractivity contribution in [2.45, 2.75) is 54.6 Å². The summed E-state index contributed by atoms with van der Waals surface area (Å²) >= 11 is 0. The lowest BCUT2D eigenvalue weighted by Gasteiger charge is -2.35. The third-order valence-corrected chi connectivity index (χ3v) is 7.00. The average molecular weight is 497 g/mol. The standard InChI is InChI=1S/2C13H22N.H2O5S/c2*1-4-14(5-2,6-3)12-13-10-8-7-9-11-13;1-5-6(2,3)4/h2*7-11H,4-6,12H2,1-3H3;1H,(H,2,3,4)/q2*+1;/p-2. The first-order valence-corrected chi connectivity index (χ1v) is 13.5. The summed E-state index contributed by atoms with van der Waals surface area (Å²) in [5, 5.41) is 8.55. The van der Waals surface area contributed by atoms with Crippen LogP contribution in [0.2, 0.25) is 0 Å². The zero-order valence-corrected chi connectivity index (χ0v) is 22.6. The highest BCUT2D eigenvalue weighted by atomic mass is 32.3. The molecule has 34 heavy (non-hydrogen) atoms. The maximum atomic E-state index is 8.91. The normalized spacial score (nSPS) is 11.6. The summed E-state index contributed by atoms with van der Waals surface area (Å²) in [6.45, 7) is 23.4. The van der Waals surface area contributed by atoms with Gasteiger partial charge < -0.3 is 23.1 Å². The van der Waals surface area contributed by atoms with Gasteiger partial charge in [0, 0.05) is 11.1 Å². The van der Waals surface area contributed by atoms with Crippen molar-refractivity contribution in [2.75, 3.05) is 39.3 Å². The maximum absolute atomic E-state index is 8.91. The Hall–Kier alpha value is -1.81. The molecule has 2 aromatic rings. The fourth-order valence-corrected chi connectivity index (χ4v) is 3.95. The molecule has 0 radical (unpaired) electrons. The molecule has 194 valence electrons. The van der Waals surface area contributed by atoms with Gasteiger partial charge in [0.05, 0.1) is 39.3 Å². The van der Waals surface area contributed by atoms with Crippen LogP contribution in [0.5, 0.6) is 0 Å². The van der Waals surface area contributed by atoms with Gasteiger partial charge in [-0.15, -0.1) is 0 Å². The van der Waals surface area contributed by atoms with Crippen LogP contribution in [0.4, 0.5) is 0 Å². The minimum atomic E-state index is -4.97. The van der Waals surface area contributed by atoms with Crippen molar-refractivity contribution in [2.24, 2.45) is 0 Å². The molecule has 8 heteroatoms. The third kappa shape index (κ3) is 12.6. The molecule has 0 unspecified atom stereocenters. The molecular formula is C26H44N2O5S. The number of quaternary nitrogens is 2. The van der Waals surface area contributed by atoms with E-state index in [0.717, 1.165) is 0 Å². The molecule has 7 nitrogen and oxygen atoms in total. The van der Waals surface area contributed by atoms with Gasteiger partial charge in [0.15, 0.2) is 0 Å². The molecule has 0 saturated heterocycles. The second-order valence-electron chi connectivity index (χ2n) is 8.34. The number of hydrogen-bond donors (Lipinski definition) is 0. The molecular weight excluding hydrogens is 452 g/mol. The van der Waals surface area contributed by atoms with Crippen molar-refractivity contribution in [1.29, 1.82) is 0 Å². The first-order chi connectivity index (χ1) is 16.1. The summed E-state index contributed by atoms with van der Waals surface area (Å²) in [7, 11) is -4.97. The Bertz CT molecular complexity index is 779. The molecule has 0 aliphatic heterocycles. The van der Waals surface area contributed by atoms with E-state index in [-0.39, 0.29) is 0 Å². The van der Waals surface area contributed by atoms with Gasteiger partial charge in [0.25, 0.3) is 0 Å². The van der Waals surface area contributed by atoms with Crippen molar-refractivity contribution < 1.29 is 31.5 Å². The molecule has 0 amide bonds. The highest BCUT2D eigenvalue weighted by Crippen LogP contribution is 2.14. The molecule has 0 spiro atoms. The lowest BCUT2D eigenvalue weighted by molar-refractivity contribution is -0.936. The van der Waals surface area contributed by atoms with Gasteiger partial charge in [-0.2, -0.15) is 0 Å². The summed E-state index contributed by atoms with van der Waals surface area (Å²) in [5.74, 6) is 0. The Morgan fingerprint density at radius 1 is 0.618 bits per heavy atom. The smallest absolute Gasteiger partial charge is 0.208 e. The molecule has 0 atom stereocenters. The number of hydrogen-bond acceptors (Lipinski definition) is 5. The summed E-state index contributed by atoms with van der Waals surface area (Å²) in [4.78, 5) is 0. The topological polar surface area (TPSA) is 89.5 Å². The van der Waals surface area contributed by atoms with Crippen LogP contribution in [0.1, 0.15) is 52.7 Å². The second kappa shape index (κ2) is 16.8. The Morgan fingerprint density at radius 2 is 0.853 bits per heavy atom. The van der Waals surface area contributed by atoms with Crippen LogP contribution in [-0.4, -0.2) is 61.2 Å². The minimum Gasteiger partial charge on any atom is -0.726 e. The number of rotatable bonds is 11. The van der Waals surface area contributed by atoms with Gasteiger partial charge in [-0.05, 0) is 41.5 Å². The van der Waals surface area contributed by atoms with Crippen LogP contribution in [0.25, 0.3) is 0 Å². The Balaban J connectivity index is 0.000000521. The first-order valence-electron chi connectivity index (χ1n) is 12.1. The van der Waals surface area contributed by atoms with E-state index < -0.39 is 10.4 Å². The van der Waals surface area contributed by atoms with E-state index in [9.17, 15) is 0 Å². The zero-order valence-electron chi connectivity index (χ0n) is 21.8. The number of benzene rings is 2. The number of nitrogens with zero attached hydrogens (tertiary/aromatic N) is 2. The van der Waals surface area contributed by atoms with E-state index in [4.69, 9.17) is 18.2 Å². The quantitative estimate of drug-likeness (QED) is 0.155. The fraction of sp³-hybridized carbons (Fsp3) is 0.538. The summed E-state index contributed by atoms with van der Waals surface area (Å²) < 4.78 is 31.2. The monoisotopic (exact) mass is 496 g/mol. The van der Waals surface area contributed by atoms with Gasteiger partial charge in [0.1, 0.15) is 13.1 Å².